The lowest BCUT2D eigenvalue weighted by atomic mass is 10.2. The third-order valence-electron chi connectivity index (χ3n) is 3.18. The zero-order valence-electron chi connectivity index (χ0n) is 15.4. The summed E-state index contributed by atoms with van der Waals surface area (Å²) in [5, 5.41) is 6.68. The van der Waals surface area contributed by atoms with E-state index in [1.54, 1.807) is 12.1 Å². The molecular weight excluding hydrogens is 358 g/mol. The second-order valence-electron chi connectivity index (χ2n) is 5.42. The Bertz CT molecular complexity index is 635. The van der Waals surface area contributed by atoms with E-state index in [1.807, 2.05) is 20.8 Å². The molecule has 0 aliphatic rings. The van der Waals surface area contributed by atoms with E-state index in [0.29, 0.717) is 41.8 Å². The summed E-state index contributed by atoms with van der Waals surface area (Å²) in [5.41, 5.74) is 2.79. The minimum Gasteiger partial charge on any atom is -0.490 e. The molecule has 26 heavy (non-hydrogen) atoms. The van der Waals surface area contributed by atoms with Crippen molar-refractivity contribution < 1.29 is 19.1 Å². The number of carbonyl (C=O) groups is 2. The Morgan fingerprint density at radius 3 is 2.58 bits per heavy atom. The van der Waals surface area contributed by atoms with Crippen LogP contribution in [0.5, 0.6) is 11.5 Å². The van der Waals surface area contributed by atoms with E-state index in [9.17, 15) is 9.59 Å². The lowest BCUT2D eigenvalue weighted by molar-refractivity contribution is -0.139. The van der Waals surface area contributed by atoms with Gasteiger partial charge in [-0.1, -0.05) is 31.9 Å². The van der Waals surface area contributed by atoms with Gasteiger partial charge in [-0.05, 0) is 37.5 Å². The highest BCUT2D eigenvalue weighted by atomic mass is 35.5. The predicted molar refractivity (Wildman–Crippen MR) is 102 cm³/mol. The Morgan fingerprint density at radius 2 is 1.92 bits per heavy atom. The fourth-order valence-electron chi connectivity index (χ4n) is 1.94. The number of amides is 2. The van der Waals surface area contributed by atoms with Crippen molar-refractivity contribution >= 4 is 29.6 Å². The molecule has 144 valence electrons. The summed E-state index contributed by atoms with van der Waals surface area (Å²) < 4.78 is 11.2. The van der Waals surface area contributed by atoms with Gasteiger partial charge in [0.25, 0.3) is 0 Å². The summed E-state index contributed by atoms with van der Waals surface area (Å²) >= 11 is 6.25. The van der Waals surface area contributed by atoms with E-state index in [1.165, 1.54) is 6.21 Å². The molecule has 0 saturated carbocycles. The summed E-state index contributed by atoms with van der Waals surface area (Å²) in [6.45, 7) is 7.28. The van der Waals surface area contributed by atoms with E-state index in [-0.39, 0.29) is 0 Å². The van der Waals surface area contributed by atoms with Gasteiger partial charge in [-0.2, -0.15) is 5.10 Å². The largest absolute Gasteiger partial charge is 0.490 e. The highest BCUT2D eigenvalue weighted by Crippen LogP contribution is 2.36. The summed E-state index contributed by atoms with van der Waals surface area (Å²) in [6.07, 6.45) is 3.97. The van der Waals surface area contributed by atoms with Gasteiger partial charge in [-0.15, -0.1) is 0 Å². The molecule has 0 saturated heterocycles. The first-order valence-electron chi connectivity index (χ1n) is 8.73. The summed E-state index contributed by atoms with van der Waals surface area (Å²) in [5.74, 6) is -0.561. The Morgan fingerprint density at radius 1 is 1.15 bits per heavy atom. The molecule has 1 rings (SSSR count). The van der Waals surface area contributed by atoms with Gasteiger partial charge >= 0.3 is 11.8 Å². The Labute approximate surface area is 159 Å². The van der Waals surface area contributed by atoms with E-state index >= 15 is 0 Å². The second kappa shape index (κ2) is 12.1. The summed E-state index contributed by atoms with van der Waals surface area (Å²) in [4.78, 5) is 23.2. The monoisotopic (exact) mass is 383 g/mol. The highest BCUT2D eigenvalue weighted by Gasteiger charge is 2.13. The highest BCUT2D eigenvalue weighted by molar-refractivity contribution is 6.35. The van der Waals surface area contributed by atoms with Crippen LogP contribution < -0.4 is 20.2 Å². The first-order valence-corrected chi connectivity index (χ1v) is 9.11. The second-order valence-corrected chi connectivity index (χ2v) is 5.83. The number of hydrogen-bond donors (Lipinski definition) is 2. The number of unbranched alkanes of at least 4 members (excludes halogenated alkanes) is 1. The summed E-state index contributed by atoms with van der Waals surface area (Å²) in [7, 11) is 0. The molecule has 0 atom stereocenters. The molecule has 0 fully saturated rings. The van der Waals surface area contributed by atoms with Gasteiger partial charge in [0.05, 0.1) is 24.5 Å². The van der Waals surface area contributed by atoms with Gasteiger partial charge in [0.1, 0.15) is 0 Å². The smallest absolute Gasteiger partial charge is 0.329 e. The van der Waals surface area contributed by atoms with Gasteiger partial charge < -0.3 is 14.8 Å². The Balaban J connectivity index is 2.75. The molecule has 2 amide bonds. The fraction of sp³-hybridized carbons (Fsp3) is 0.500. The molecule has 7 nitrogen and oxygen atoms in total. The number of benzene rings is 1. The van der Waals surface area contributed by atoms with Crippen LogP contribution in [-0.4, -0.2) is 37.8 Å². The number of hydrogen-bond acceptors (Lipinski definition) is 5. The van der Waals surface area contributed by atoms with Crippen molar-refractivity contribution in [3.63, 3.8) is 0 Å². The van der Waals surface area contributed by atoms with Crippen molar-refractivity contribution in [3.8, 4) is 11.5 Å². The number of carbonyl (C=O) groups excluding carboxylic acids is 2. The molecular formula is C18H26ClN3O4. The molecule has 0 spiro atoms. The van der Waals surface area contributed by atoms with E-state index in [4.69, 9.17) is 21.1 Å². The van der Waals surface area contributed by atoms with Crippen LogP contribution in [0.15, 0.2) is 17.2 Å². The normalized spacial score (nSPS) is 10.6. The lowest BCUT2D eigenvalue weighted by Crippen LogP contribution is -2.38. The van der Waals surface area contributed by atoms with Crippen molar-refractivity contribution in [1.29, 1.82) is 0 Å². The van der Waals surface area contributed by atoms with Crippen molar-refractivity contribution in [2.75, 3.05) is 19.8 Å². The first kappa shape index (κ1) is 21.8. The quantitative estimate of drug-likeness (QED) is 0.281. The molecule has 1 aromatic rings. The van der Waals surface area contributed by atoms with Crippen LogP contribution >= 0.6 is 11.6 Å². The molecule has 8 heteroatoms. The Hall–Kier alpha value is -2.28. The van der Waals surface area contributed by atoms with Crippen molar-refractivity contribution in [1.82, 2.24) is 10.7 Å². The average molecular weight is 384 g/mol. The van der Waals surface area contributed by atoms with Crippen LogP contribution in [-0.2, 0) is 9.59 Å². The molecule has 0 bridgehead atoms. The van der Waals surface area contributed by atoms with Gasteiger partial charge in [0.15, 0.2) is 11.5 Å². The summed E-state index contributed by atoms with van der Waals surface area (Å²) in [6, 6.07) is 3.35. The molecule has 1 aromatic carbocycles. The van der Waals surface area contributed by atoms with Crippen LogP contribution in [0.4, 0.5) is 0 Å². The number of rotatable bonds is 10. The van der Waals surface area contributed by atoms with E-state index in [0.717, 1.165) is 19.3 Å². The number of nitrogens with one attached hydrogen (secondary N) is 2. The SMILES string of the molecule is CCCCNC(=O)C(=O)N/N=C\c1cc(Cl)c(OCCC)c(OCC)c1. The third-order valence-corrected chi connectivity index (χ3v) is 3.46. The van der Waals surface area contributed by atoms with Gasteiger partial charge in [-0.25, -0.2) is 5.43 Å². The molecule has 0 aromatic heterocycles. The van der Waals surface area contributed by atoms with Crippen molar-refractivity contribution in [3.05, 3.63) is 22.7 Å². The predicted octanol–water partition coefficient (Wildman–Crippen LogP) is 2.89. The molecule has 0 aliphatic heterocycles. The molecule has 0 heterocycles. The topological polar surface area (TPSA) is 89.0 Å². The van der Waals surface area contributed by atoms with Crippen LogP contribution in [0.25, 0.3) is 0 Å². The Kier molecular flexibility index (Phi) is 10.2. The third kappa shape index (κ3) is 7.31. The molecule has 0 aliphatic carbocycles. The lowest BCUT2D eigenvalue weighted by Gasteiger charge is -2.13. The van der Waals surface area contributed by atoms with Crippen LogP contribution in [0.1, 0.15) is 45.6 Å². The average Bonchev–Trinajstić information content (AvgIpc) is 2.61. The van der Waals surface area contributed by atoms with Gasteiger partial charge in [0.2, 0.25) is 0 Å². The van der Waals surface area contributed by atoms with Crippen LogP contribution in [0.3, 0.4) is 0 Å². The van der Waals surface area contributed by atoms with Crippen molar-refractivity contribution in [2.24, 2.45) is 5.10 Å². The number of halogens is 1. The standard InChI is InChI=1S/C18H26ClN3O4/c1-4-7-8-20-17(23)18(24)22-21-12-13-10-14(19)16(26-9-5-2)15(11-13)25-6-3/h10-12H,4-9H2,1-3H3,(H,20,23)(H,22,24)/b21-12-. The first-order chi connectivity index (χ1) is 12.5. The number of hydrazone groups is 1. The van der Waals surface area contributed by atoms with Crippen LogP contribution in [0.2, 0.25) is 5.02 Å². The maximum absolute atomic E-state index is 11.6. The minimum atomic E-state index is -0.823. The zero-order valence-corrected chi connectivity index (χ0v) is 16.2. The zero-order chi connectivity index (χ0) is 19.4. The minimum absolute atomic E-state index is 0.384. The van der Waals surface area contributed by atoms with E-state index < -0.39 is 11.8 Å². The molecule has 2 N–H and O–H groups in total. The number of ether oxygens (including phenoxy) is 2. The molecule has 0 unspecified atom stereocenters. The van der Waals surface area contributed by atoms with Gasteiger partial charge in [-0.3, -0.25) is 9.59 Å². The van der Waals surface area contributed by atoms with Crippen LogP contribution in [0, 0.1) is 0 Å². The van der Waals surface area contributed by atoms with Gasteiger partial charge in [0, 0.05) is 6.54 Å². The number of nitrogens with zero attached hydrogens (tertiary/aromatic N) is 1. The van der Waals surface area contributed by atoms with Crippen molar-refractivity contribution in [2.45, 2.75) is 40.0 Å². The maximum Gasteiger partial charge on any atom is 0.329 e. The fourth-order valence-corrected chi connectivity index (χ4v) is 2.22. The van der Waals surface area contributed by atoms with E-state index in [2.05, 4.69) is 15.8 Å². The molecule has 0 radical (unpaired) electrons. The maximum atomic E-state index is 11.6.